The van der Waals surface area contributed by atoms with Gasteiger partial charge in [0, 0.05) is 30.4 Å². The minimum Gasteiger partial charge on any atom is -0.336 e. The summed E-state index contributed by atoms with van der Waals surface area (Å²) in [5, 5.41) is 10.2. The molecule has 0 fully saturated rings. The summed E-state index contributed by atoms with van der Waals surface area (Å²) in [6, 6.07) is 7.02. The van der Waals surface area contributed by atoms with Crippen LogP contribution in [0.4, 0.5) is 0 Å². The van der Waals surface area contributed by atoms with Crippen LogP contribution in [0, 0.1) is 0 Å². The SMILES string of the molecule is CC(Cc1ccsc1)NC(c1cccs1)c1nccn1C. The smallest absolute Gasteiger partial charge is 0.131 e. The van der Waals surface area contributed by atoms with Crippen LogP contribution in [0.5, 0.6) is 0 Å². The van der Waals surface area contributed by atoms with Crippen molar-refractivity contribution in [3.05, 3.63) is 63.0 Å². The maximum Gasteiger partial charge on any atom is 0.131 e. The molecule has 3 aromatic heterocycles. The summed E-state index contributed by atoms with van der Waals surface area (Å²) in [6.45, 7) is 2.24. The molecule has 0 aliphatic rings. The Morgan fingerprint density at radius 1 is 1.33 bits per heavy atom. The van der Waals surface area contributed by atoms with Crippen molar-refractivity contribution in [3.63, 3.8) is 0 Å². The van der Waals surface area contributed by atoms with Gasteiger partial charge in [-0.05, 0) is 47.2 Å². The van der Waals surface area contributed by atoms with Gasteiger partial charge in [0.1, 0.15) is 11.9 Å². The van der Waals surface area contributed by atoms with Gasteiger partial charge in [0.05, 0.1) is 0 Å². The highest BCUT2D eigenvalue weighted by atomic mass is 32.1. The van der Waals surface area contributed by atoms with Crippen LogP contribution in [0.25, 0.3) is 0 Å². The minimum atomic E-state index is 0.152. The lowest BCUT2D eigenvalue weighted by atomic mass is 10.1. The van der Waals surface area contributed by atoms with E-state index in [2.05, 4.69) is 56.1 Å². The molecule has 0 bridgehead atoms. The molecule has 0 aliphatic carbocycles. The molecule has 0 radical (unpaired) electrons. The van der Waals surface area contributed by atoms with Gasteiger partial charge in [-0.15, -0.1) is 11.3 Å². The zero-order valence-corrected chi connectivity index (χ0v) is 13.8. The second-order valence-corrected chi connectivity index (χ2v) is 7.01. The summed E-state index contributed by atoms with van der Waals surface area (Å²) >= 11 is 3.53. The van der Waals surface area contributed by atoms with E-state index in [1.54, 1.807) is 22.7 Å². The van der Waals surface area contributed by atoms with Crippen molar-refractivity contribution in [2.45, 2.75) is 25.4 Å². The van der Waals surface area contributed by atoms with E-state index >= 15 is 0 Å². The van der Waals surface area contributed by atoms with Gasteiger partial charge in [-0.1, -0.05) is 6.07 Å². The summed E-state index contributed by atoms with van der Waals surface area (Å²) in [7, 11) is 2.05. The Morgan fingerprint density at radius 3 is 2.86 bits per heavy atom. The van der Waals surface area contributed by atoms with Crippen molar-refractivity contribution >= 4 is 22.7 Å². The Morgan fingerprint density at radius 2 is 2.24 bits per heavy atom. The van der Waals surface area contributed by atoms with Crippen molar-refractivity contribution in [2.75, 3.05) is 0 Å². The van der Waals surface area contributed by atoms with Crippen LogP contribution in [0.3, 0.4) is 0 Å². The number of thiophene rings is 2. The summed E-state index contributed by atoms with van der Waals surface area (Å²) in [5.41, 5.74) is 1.39. The van der Waals surface area contributed by atoms with E-state index in [4.69, 9.17) is 0 Å². The molecule has 3 rings (SSSR count). The van der Waals surface area contributed by atoms with Gasteiger partial charge in [-0.3, -0.25) is 0 Å². The number of hydrogen-bond acceptors (Lipinski definition) is 4. The molecular weight excluding hydrogens is 298 g/mol. The third-order valence-corrected chi connectivity index (χ3v) is 5.19. The first kappa shape index (κ1) is 14.5. The fourth-order valence-electron chi connectivity index (χ4n) is 2.50. The second kappa shape index (κ2) is 6.56. The standard InChI is InChI=1S/C16H19N3S2/c1-12(10-13-5-9-20-11-13)18-15(14-4-3-8-21-14)16-17-6-7-19(16)2/h3-9,11-12,15,18H,10H2,1-2H3. The molecule has 0 aliphatic heterocycles. The van der Waals surface area contributed by atoms with Crippen LogP contribution in [-0.4, -0.2) is 15.6 Å². The maximum atomic E-state index is 4.53. The van der Waals surface area contributed by atoms with Crippen molar-refractivity contribution in [2.24, 2.45) is 7.05 Å². The monoisotopic (exact) mass is 317 g/mol. The van der Waals surface area contributed by atoms with Crippen LogP contribution in [0.15, 0.2) is 46.7 Å². The average molecular weight is 317 g/mol. The van der Waals surface area contributed by atoms with Crippen LogP contribution in [0.1, 0.15) is 29.2 Å². The number of imidazole rings is 1. The Kier molecular flexibility index (Phi) is 4.53. The lowest BCUT2D eigenvalue weighted by Gasteiger charge is -2.22. The molecule has 0 spiro atoms. The fraction of sp³-hybridized carbons (Fsp3) is 0.312. The third-order valence-electron chi connectivity index (χ3n) is 3.52. The number of aryl methyl sites for hydroxylation is 1. The molecule has 0 aromatic carbocycles. The molecule has 2 atom stereocenters. The Labute approximate surface area is 133 Å². The number of aromatic nitrogens is 2. The lowest BCUT2D eigenvalue weighted by Crippen LogP contribution is -2.33. The van der Waals surface area contributed by atoms with E-state index < -0.39 is 0 Å². The minimum absolute atomic E-state index is 0.152. The van der Waals surface area contributed by atoms with Gasteiger partial charge in [-0.2, -0.15) is 11.3 Å². The quantitative estimate of drug-likeness (QED) is 0.748. The molecule has 1 N–H and O–H groups in total. The zero-order valence-electron chi connectivity index (χ0n) is 12.2. The highest BCUT2D eigenvalue weighted by Crippen LogP contribution is 2.25. The highest BCUT2D eigenvalue weighted by Gasteiger charge is 2.21. The molecule has 110 valence electrons. The molecule has 21 heavy (non-hydrogen) atoms. The van der Waals surface area contributed by atoms with E-state index in [9.17, 15) is 0 Å². The molecule has 2 unspecified atom stereocenters. The number of nitrogens with one attached hydrogen (secondary N) is 1. The molecule has 3 nitrogen and oxygen atoms in total. The van der Waals surface area contributed by atoms with Crippen LogP contribution < -0.4 is 5.32 Å². The second-order valence-electron chi connectivity index (χ2n) is 5.25. The largest absolute Gasteiger partial charge is 0.336 e. The van der Waals surface area contributed by atoms with Gasteiger partial charge in [0.2, 0.25) is 0 Å². The predicted molar refractivity (Wildman–Crippen MR) is 90.0 cm³/mol. The molecule has 5 heteroatoms. The summed E-state index contributed by atoms with van der Waals surface area (Å²) in [5.74, 6) is 1.06. The average Bonchev–Trinajstić information content (AvgIpc) is 3.18. The van der Waals surface area contributed by atoms with Crippen LogP contribution in [-0.2, 0) is 13.5 Å². The predicted octanol–water partition coefficient (Wildman–Crippen LogP) is 3.85. The van der Waals surface area contributed by atoms with Gasteiger partial charge < -0.3 is 9.88 Å². The summed E-state index contributed by atoms with van der Waals surface area (Å²) < 4.78 is 2.09. The molecule has 0 amide bonds. The number of nitrogens with zero attached hydrogens (tertiary/aromatic N) is 2. The highest BCUT2D eigenvalue weighted by molar-refractivity contribution is 7.10. The van der Waals surface area contributed by atoms with Crippen molar-refractivity contribution < 1.29 is 0 Å². The Hall–Kier alpha value is -1.43. The van der Waals surface area contributed by atoms with E-state index in [1.165, 1.54) is 10.4 Å². The van der Waals surface area contributed by atoms with Crippen LogP contribution in [0.2, 0.25) is 0 Å². The normalized spacial score (nSPS) is 14.2. The van der Waals surface area contributed by atoms with Crippen molar-refractivity contribution in [1.29, 1.82) is 0 Å². The van der Waals surface area contributed by atoms with Gasteiger partial charge >= 0.3 is 0 Å². The van der Waals surface area contributed by atoms with Gasteiger partial charge in [-0.25, -0.2) is 4.98 Å². The fourth-order valence-corrected chi connectivity index (χ4v) is 3.96. The first-order chi connectivity index (χ1) is 10.2. The number of rotatable bonds is 6. The molecule has 0 saturated heterocycles. The van der Waals surface area contributed by atoms with E-state index in [-0.39, 0.29) is 6.04 Å². The molecule has 3 aromatic rings. The number of hydrogen-bond donors (Lipinski definition) is 1. The Bertz CT molecular complexity index is 656. The van der Waals surface area contributed by atoms with Gasteiger partial charge in [0.15, 0.2) is 0 Å². The van der Waals surface area contributed by atoms with E-state index in [0.29, 0.717) is 6.04 Å². The topological polar surface area (TPSA) is 29.9 Å². The van der Waals surface area contributed by atoms with Crippen LogP contribution >= 0.6 is 22.7 Å². The zero-order chi connectivity index (χ0) is 14.7. The maximum absolute atomic E-state index is 4.53. The Balaban J connectivity index is 1.78. The summed E-state index contributed by atoms with van der Waals surface area (Å²) in [4.78, 5) is 5.84. The molecular formula is C16H19N3S2. The van der Waals surface area contributed by atoms with E-state index in [1.807, 2.05) is 19.4 Å². The first-order valence-electron chi connectivity index (χ1n) is 7.02. The van der Waals surface area contributed by atoms with Crippen molar-refractivity contribution in [3.8, 4) is 0 Å². The summed E-state index contributed by atoms with van der Waals surface area (Å²) in [6.07, 6.45) is 4.90. The first-order valence-corrected chi connectivity index (χ1v) is 8.84. The lowest BCUT2D eigenvalue weighted by molar-refractivity contribution is 0.478. The van der Waals surface area contributed by atoms with Crippen molar-refractivity contribution in [1.82, 2.24) is 14.9 Å². The van der Waals surface area contributed by atoms with Gasteiger partial charge in [0.25, 0.3) is 0 Å². The molecule has 3 heterocycles. The van der Waals surface area contributed by atoms with E-state index in [0.717, 1.165) is 12.2 Å². The third kappa shape index (κ3) is 3.43. The molecule has 0 saturated carbocycles.